The van der Waals surface area contributed by atoms with E-state index in [-0.39, 0.29) is 11.4 Å². The zero-order valence-electron chi connectivity index (χ0n) is 9.03. The molecule has 0 radical (unpaired) electrons. The molecule has 1 aromatic rings. The summed E-state index contributed by atoms with van der Waals surface area (Å²) >= 11 is 0. The van der Waals surface area contributed by atoms with E-state index in [9.17, 15) is 10.0 Å². The Morgan fingerprint density at radius 1 is 1.25 bits per heavy atom. The molecule has 2 heterocycles. The first-order valence-electron chi connectivity index (χ1n) is 5.75. The zero-order chi connectivity index (χ0) is 11.1. The number of nitrogens with zero attached hydrogens (tertiary/aromatic N) is 2. The van der Waals surface area contributed by atoms with Crippen LogP contribution in [0, 0.1) is 4.91 Å². The van der Waals surface area contributed by atoms with Gasteiger partial charge in [-0.2, -0.15) is 0 Å². The molecule has 4 nitrogen and oxygen atoms in total. The highest BCUT2D eigenvalue weighted by molar-refractivity contribution is 5.73. The Morgan fingerprint density at radius 2 is 2.00 bits per heavy atom. The Bertz CT molecular complexity index is 455. The molecular formula is C12H13N2O2-. The van der Waals surface area contributed by atoms with Crippen LogP contribution >= 0.6 is 0 Å². The molecule has 0 atom stereocenters. The summed E-state index contributed by atoms with van der Waals surface area (Å²) in [6.07, 6.45) is 3.86. The first-order valence-corrected chi connectivity index (χ1v) is 5.75. The van der Waals surface area contributed by atoms with Gasteiger partial charge in [0.2, 0.25) is 0 Å². The van der Waals surface area contributed by atoms with Crippen LogP contribution in [0.25, 0.3) is 0 Å². The minimum atomic E-state index is -0.152. The van der Waals surface area contributed by atoms with Crippen LogP contribution in [0.5, 0.6) is 5.75 Å². The molecule has 0 aromatic heterocycles. The van der Waals surface area contributed by atoms with Crippen molar-refractivity contribution in [1.29, 1.82) is 0 Å². The van der Waals surface area contributed by atoms with Gasteiger partial charge in [-0.15, -0.1) is 4.91 Å². The van der Waals surface area contributed by atoms with Gasteiger partial charge in [0.25, 0.3) is 0 Å². The lowest BCUT2D eigenvalue weighted by Crippen LogP contribution is -2.34. The maximum Gasteiger partial charge on any atom is 0.100 e. The number of aryl methyl sites for hydroxylation is 1. The molecule has 0 aliphatic carbocycles. The van der Waals surface area contributed by atoms with Crippen molar-refractivity contribution in [2.75, 3.05) is 18.0 Å². The molecule has 1 aromatic carbocycles. The van der Waals surface area contributed by atoms with E-state index in [0.29, 0.717) is 0 Å². The number of hydrogen-bond acceptors (Lipinski definition) is 4. The molecule has 0 saturated carbocycles. The van der Waals surface area contributed by atoms with Crippen LogP contribution in [0.4, 0.5) is 11.4 Å². The summed E-state index contributed by atoms with van der Waals surface area (Å²) in [6.45, 7) is 2.07. The van der Waals surface area contributed by atoms with Crippen LogP contribution in [0.2, 0.25) is 0 Å². The van der Waals surface area contributed by atoms with E-state index in [2.05, 4.69) is 10.1 Å². The van der Waals surface area contributed by atoms with Crippen molar-refractivity contribution >= 4 is 11.4 Å². The second kappa shape index (κ2) is 3.47. The minimum absolute atomic E-state index is 0.0949. The van der Waals surface area contributed by atoms with Crippen molar-refractivity contribution in [1.82, 2.24) is 0 Å². The molecule has 3 rings (SSSR count). The van der Waals surface area contributed by atoms with E-state index >= 15 is 0 Å². The Kier molecular flexibility index (Phi) is 2.09. The second-order valence-corrected chi connectivity index (χ2v) is 4.50. The van der Waals surface area contributed by atoms with E-state index in [0.717, 1.165) is 55.6 Å². The summed E-state index contributed by atoms with van der Waals surface area (Å²) < 4.78 is 0. The third kappa shape index (κ3) is 1.22. The summed E-state index contributed by atoms with van der Waals surface area (Å²) in [4.78, 5) is 12.9. The average Bonchev–Trinajstić information content (AvgIpc) is 2.33. The van der Waals surface area contributed by atoms with Crippen LogP contribution < -0.4 is 10.0 Å². The molecule has 0 N–H and O–H groups in total. The van der Waals surface area contributed by atoms with Gasteiger partial charge in [0.15, 0.2) is 0 Å². The molecule has 84 valence electrons. The third-order valence-electron chi connectivity index (χ3n) is 3.55. The van der Waals surface area contributed by atoms with Crippen LogP contribution in [0.3, 0.4) is 0 Å². The highest BCUT2D eigenvalue weighted by atomic mass is 16.3. The van der Waals surface area contributed by atoms with E-state index < -0.39 is 0 Å². The van der Waals surface area contributed by atoms with Gasteiger partial charge in [-0.3, -0.25) is 0 Å². The molecule has 0 spiro atoms. The summed E-state index contributed by atoms with van der Waals surface area (Å²) in [7, 11) is 0. The molecule has 0 unspecified atom stereocenters. The smallest absolute Gasteiger partial charge is 0.100 e. The Morgan fingerprint density at radius 3 is 2.75 bits per heavy atom. The van der Waals surface area contributed by atoms with Gasteiger partial charge in [0.05, 0.1) is 0 Å². The van der Waals surface area contributed by atoms with Crippen molar-refractivity contribution in [3.63, 3.8) is 0 Å². The van der Waals surface area contributed by atoms with Gasteiger partial charge in [-0.05, 0) is 48.1 Å². The van der Waals surface area contributed by atoms with E-state index in [4.69, 9.17) is 0 Å². The second-order valence-electron chi connectivity index (χ2n) is 4.50. The van der Waals surface area contributed by atoms with Crippen LogP contribution in [-0.2, 0) is 12.8 Å². The van der Waals surface area contributed by atoms with E-state index in [1.165, 1.54) is 0 Å². The number of rotatable bonds is 1. The molecule has 4 heteroatoms. The van der Waals surface area contributed by atoms with Gasteiger partial charge in [0, 0.05) is 18.8 Å². The summed E-state index contributed by atoms with van der Waals surface area (Å²) in [5.41, 5.74) is 3.15. The van der Waals surface area contributed by atoms with Crippen LogP contribution in [-0.4, -0.2) is 13.1 Å². The fourth-order valence-corrected chi connectivity index (χ4v) is 2.88. The lowest BCUT2D eigenvalue weighted by atomic mass is 9.90. The fourth-order valence-electron chi connectivity index (χ4n) is 2.88. The normalized spacial score (nSPS) is 18.1. The molecule has 2 aliphatic heterocycles. The Balaban J connectivity index is 2.26. The predicted octanol–water partition coefficient (Wildman–Crippen LogP) is 1.86. The van der Waals surface area contributed by atoms with Crippen LogP contribution in [0.15, 0.2) is 11.2 Å². The van der Waals surface area contributed by atoms with E-state index in [1.807, 2.05) is 0 Å². The number of nitroso groups, excluding NO2 is 1. The quantitative estimate of drug-likeness (QED) is 0.674. The molecule has 0 saturated heterocycles. The average molecular weight is 217 g/mol. The van der Waals surface area contributed by atoms with Gasteiger partial charge in [-0.25, -0.2) is 0 Å². The number of anilines is 1. The van der Waals surface area contributed by atoms with Gasteiger partial charge < -0.3 is 10.0 Å². The molecule has 0 bridgehead atoms. The van der Waals surface area contributed by atoms with Gasteiger partial charge in [0.1, 0.15) is 5.69 Å². The number of benzene rings is 1. The minimum Gasteiger partial charge on any atom is -0.871 e. The zero-order valence-corrected chi connectivity index (χ0v) is 9.03. The van der Waals surface area contributed by atoms with Crippen molar-refractivity contribution < 1.29 is 5.11 Å². The first kappa shape index (κ1) is 9.63. The highest BCUT2D eigenvalue weighted by Crippen LogP contribution is 2.43. The Hall–Kier alpha value is -1.58. The third-order valence-corrected chi connectivity index (χ3v) is 3.55. The van der Waals surface area contributed by atoms with Crippen molar-refractivity contribution in [3.05, 3.63) is 22.1 Å². The maximum atomic E-state index is 12.0. The highest BCUT2D eigenvalue weighted by Gasteiger charge is 2.25. The Labute approximate surface area is 93.9 Å². The molecule has 0 fully saturated rings. The van der Waals surface area contributed by atoms with Crippen molar-refractivity contribution in [3.8, 4) is 5.75 Å². The lowest BCUT2D eigenvalue weighted by Gasteiger charge is -2.39. The summed E-state index contributed by atoms with van der Waals surface area (Å²) in [6, 6.07) is 1.69. The SMILES string of the molecule is O=Nc1cc2c3c(c1[O-])CCCN3CCC2. The lowest BCUT2D eigenvalue weighted by molar-refractivity contribution is -0.268. The van der Waals surface area contributed by atoms with Crippen molar-refractivity contribution in [2.24, 2.45) is 5.18 Å². The van der Waals surface area contributed by atoms with Gasteiger partial charge >= 0.3 is 0 Å². The predicted molar refractivity (Wildman–Crippen MR) is 60.2 cm³/mol. The molecule has 0 amide bonds. The monoisotopic (exact) mass is 217 g/mol. The standard InChI is InChI=1S/C12H14N2O2/c15-12-9-4-2-6-14-5-1-3-8(11(9)14)7-10(12)13-16/h7,15H,1-6H2/p-1. The molecule has 2 aliphatic rings. The first-order chi connectivity index (χ1) is 7.81. The fraction of sp³-hybridized carbons (Fsp3) is 0.500. The largest absolute Gasteiger partial charge is 0.871 e. The van der Waals surface area contributed by atoms with Crippen molar-refractivity contribution in [2.45, 2.75) is 25.7 Å². The summed E-state index contributed by atoms with van der Waals surface area (Å²) in [5.74, 6) is -0.152. The van der Waals surface area contributed by atoms with Crippen LogP contribution in [0.1, 0.15) is 24.0 Å². The molecular weight excluding hydrogens is 204 g/mol. The topological polar surface area (TPSA) is 55.7 Å². The maximum absolute atomic E-state index is 12.0. The summed E-state index contributed by atoms with van der Waals surface area (Å²) in [5, 5.41) is 14.8. The number of hydrogen-bond donors (Lipinski definition) is 0. The molecule has 16 heavy (non-hydrogen) atoms. The van der Waals surface area contributed by atoms with Gasteiger partial charge in [-0.1, -0.05) is 5.75 Å². The van der Waals surface area contributed by atoms with E-state index in [1.54, 1.807) is 6.07 Å².